The van der Waals surface area contributed by atoms with Crippen molar-refractivity contribution in [3.8, 4) is 11.5 Å². The first-order valence-electron chi connectivity index (χ1n) is 14.2. The molecule has 1 fully saturated rings. The van der Waals surface area contributed by atoms with Crippen molar-refractivity contribution in [1.29, 1.82) is 0 Å². The molecule has 226 valence electrons. The van der Waals surface area contributed by atoms with Crippen LogP contribution in [-0.4, -0.2) is 77.1 Å². The molecule has 42 heavy (non-hydrogen) atoms. The van der Waals surface area contributed by atoms with Crippen molar-refractivity contribution in [3.63, 3.8) is 0 Å². The Morgan fingerprint density at radius 1 is 0.952 bits per heavy atom. The number of esters is 1. The zero-order valence-corrected chi connectivity index (χ0v) is 26.0. The second-order valence-electron chi connectivity index (χ2n) is 10.5. The number of hydrogen-bond acceptors (Lipinski definition) is 8. The van der Waals surface area contributed by atoms with Gasteiger partial charge in [-0.25, -0.2) is 8.42 Å². The first kappa shape index (κ1) is 31.7. The average Bonchev–Trinajstić information content (AvgIpc) is 3.00. The summed E-state index contributed by atoms with van der Waals surface area (Å²) in [6.45, 7) is 8.57. The van der Waals surface area contributed by atoms with Crippen molar-refractivity contribution in [1.82, 2.24) is 4.90 Å². The normalized spacial score (nSPS) is 15.6. The fourth-order valence-corrected chi connectivity index (χ4v) is 6.88. The summed E-state index contributed by atoms with van der Waals surface area (Å²) in [6.07, 6.45) is 0.849. The maximum atomic E-state index is 13.7. The van der Waals surface area contributed by atoms with Crippen LogP contribution in [0, 0.1) is 0 Å². The van der Waals surface area contributed by atoms with Crippen LogP contribution in [-0.2, 0) is 25.8 Å². The summed E-state index contributed by atoms with van der Waals surface area (Å²) in [5.74, 6) is 0.439. The minimum Gasteiger partial charge on any atom is -0.497 e. The van der Waals surface area contributed by atoms with Crippen molar-refractivity contribution < 1.29 is 27.4 Å². The molecule has 0 N–H and O–H groups in total. The molecule has 1 aliphatic heterocycles. The molecule has 3 aromatic carbocycles. The summed E-state index contributed by atoms with van der Waals surface area (Å²) in [4.78, 5) is 17.9. The lowest BCUT2D eigenvalue weighted by atomic mass is 10.00. The third-order valence-electron chi connectivity index (χ3n) is 7.57. The Morgan fingerprint density at radius 2 is 1.62 bits per heavy atom. The highest BCUT2D eigenvalue weighted by Crippen LogP contribution is 2.32. The summed E-state index contributed by atoms with van der Waals surface area (Å²) >= 11 is 6.14. The van der Waals surface area contributed by atoms with Gasteiger partial charge in [0.1, 0.15) is 11.5 Å². The van der Waals surface area contributed by atoms with E-state index >= 15 is 0 Å². The average molecular weight is 615 g/mol. The van der Waals surface area contributed by atoms with E-state index in [2.05, 4.69) is 15.9 Å². The Hall–Kier alpha value is -3.27. The highest BCUT2D eigenvalue weighted by molar-refractivity contribution is 7.93. The minimum atomic E-state index is -4.08. The highest BCUT2D eigenvalue weighted by atomic mass is 35.5. The molecule has 0 saturated carbocycles. The molecule has 0 bridgehead atoms. The topological polar surface area (TPSA) is 85.4 Å². The van der Waals surface area contributed by atoms with Crippen molar-refractivity contribution in [2.75, 3.05) is 57.9 Å². The molecular weight excluding hydrogens is 576 g/mol. The molecule has 4 rings (SSSR count). The van der Waals surface area contributed by atoms with Crippen LogP contribution in [0.2, 0.25) is 5.02 Å². The monoisotopic (exact) mass is 614 g/mol. The number of anilines is 1. The molecular formula is C32H39ClN2O6S. The highest BCUT2D eigenvalue weighted by Gasteiger charge is 2.48. The number of benzene rings is 3. The van der Waals surface area contributed by atoms with Crippen LogP contribution in [0.25, 0.3) is 0 Å². The number of sulfone groups is 1. The maximum Gasteiger partial charge on any atom is 0.327 e. The summed E-state index contributed by atoms with van der Waals surface area (Å²) in [5.41, 5.74) is 1.85. The molecule has 0 amide bonds. The summed E-state index contributed by atoms with van der Waals surface area (Å²) in [6, 6.07) is 21.2. The third-order valence-corrected chi connectivity index (χ3v) is 10.2. The van der Waals surface area contributed by atoms with Gasteiger partial charge in [-0.3, -0.25) is 9.69 Å². The van der Waals surface area contributed by atoms with E-state index in [1.54, 1.807) is 31.2 Å². The van der Waals surface area contributed by atoms with E-state index in [-0.39, 0.29) is 17.9 Å². The predicted octanol–water partition coefficient (Wildman–Crippen LogP) is 5.28. The largest absolute Gasteiger partial charge is 0.497 e. The lowest BCUT2D eigenvalue weighted by Gasteiger charge is -2.36. The Labute approximate surface area is 254 Å². The molecule has 0 spiro atoms. The van der Waals surface area contributed by atoms with E-state index in [9.17, 15) is 13.2 Å². The van der Waals surface area contributed by atoms with Crippen LogP contribution in [0.3, 0.4) is 0 Å². The quantitative estimate of drug-likeness (QED) is 0.190. The molecule has 1 aliphatic rings. The second-order valence-corrected chi connectivity index (χ2v) is 13.3. The van der Waals surface area contributed by atoms with Crippen LogP contribution in [0.5, 0.6) is 11.5 Å². The lowest BCUT2D eigenvalue weighted by Crippen LogP contribution is -2.46. The fourth-order valence-electron chi connectivity index (χ4n) is 5.05. The molecule has 3 aromatic rings. The van der Waals surface area contributed by atoms with Gasteiger partial charge in [0.05, 0.1) is 25.2 Å². The number of methoxy groups -OCH3 is 1. The molecule has 1 unspecified atom stereocenters. The minimum absolute atomic E-state index is 0.0321. The van der Waals surface area contributed by atoms with Crippen molar-refractivity contribution in [2.24, 2.45) is 0 Å². The molecule has 0 aromatic heterocycles. The summed E-state index contributed by atoms with van der Waals surface area (Å²) in [5, 5.41) is 0.756. The number of piperazine rings is 1. The van der Waals surface area contributed by atoms with Gasteiger partial charge in [0.2, 0.25) is 0 Å². The summed E-state index contributed by atoms with van der Waals surface area (Å²) in [7, 11) is -2.57. The van der Waals surface area contributed by atoms with Gasteiger partial charge in [-0.15, -0.1) is 0 Å². The zero-order valence-electron chi connectivity index (χ0n) is 24.4. The summed E-state index contributed by atoms with van der Waals surface area (Å²) < 4.78 is 41.9. The van der Waals surface area contributed by atoms with Crippen LogP contribution in [0.1, 0.15) is 25.8 Å². The number of carbonyl (C=O) groups excluding carboxylic acids is 1. The second kappa shape index (κ2) is 14.3. The predicted molar refractivity (Wildman–Crippen MR) is 166 cm³/mol. The van der Waals surface area contributed by atoms with Gasteiger partial charge in [-0.2, -0.15) is 0 Å². The first-order chi connectivity index (χ1) is 20.2. The van der Waals surface area contributed by atoms with Crippen molar-refractivity contribution in [3.05, 3.63) is 83.4 Å². The molecule has 1 heterocycles. The Morgan fingerprint density at radius 3 is 2.24 bits per heavy atom. The van der Waals surface area contributed by atoms with E-state index in [1.165, 1.54) is 26.2 Å². The van der Waals surface area contributed by atoms with Gasteiger partial charge in [0, 0.05) is 49.9 Å². The smallest absolute Gasteiger partial charge is 0.327 e. The molecule has 1 atom stereocenters. The molecule has 8 nitrogen and oxygen atoms in total. The van der Waals surface area contributed by atoms with E-state index in [1.807, 2.05) is 30.3 Å². The number of carbonyl (C=O) groups is 1. The van der Waals surface area contributed by atoms with Crippen LogP contribution >= 0.6 is 11.6 Å². The van der Waals surface area contributed by atoms with Crippen molar-refractivity contribution >= 4 is 33.1 Å². The fraction of sp³-hybridized carbons (Fsp3) is 0.406. The van der Waals surface area contributed by atoms with Crippen LogP contribution in [0.15, 0.2) is 77.7 Å². The number of rotatable bonds is 13. The standard InChI is InChI=1S/C32H39ClN2O6S/c1-4-40-31(36)32(2,42(37,38)30-15-13-28(39-3)14-16-30)24-25-9-11-29(12-10-25)41-22-6-17-34-18-20-35(21-19-34)27-8-5-7-26(33)23-27/h5,7-16,23H,4,6,17-22,24H2,1-3H3. The van der Waals surface area contributed by atoms with Gasteiger partial charge in [0.25, 0.3) is 0 Å². The van der Waals surface area contributed by atoms with E-state index in [0.717, 1.165) is 49.9 Å². The Bertz CT molecular complexity index is 1420. The lowest BCUT2D eigenvalue weighted by molar-refractivity contribution is -0.145. The van der Waals surface area contributed by atoms with E-state index in [0.29, 0.717) is 23.7 Å². The maximum absolute atomic E-state index is 13.7. The van der Waals surface area contributed by atoms with Crippen molar-refractivity contribution in [2.45, 2.75) is 36.3 Å². The number of nitrogens with zero attached hydrogens (tertiary/aromatic N) is 2. The van der Waals surface area contributed by atoms with Gasteiger partial charge in [-0.1, -0.05) is 29.8 Å². The third kappa shape index (κ3) is 7.56. The Balaban J connectivity index is 1.30. The van der Waals surface area contributed by atoms with Gasteiger partial charge >= 0.3 is 5.97 Å². The first-order valence-corrected chi connectivity index (χ1v) is 16.0. The van der Waals surface area contributed by atoms with E-state index in [4.69, 9.17) is 25.8 Å². The molecule has 0 radical (unpaired) electrons. The van der Waals surface area contributed by atoms with Gasteiger partial charge in [0.15, 0.2) is 14.6 Å². The van der Waals surface area contributed by atoms with Gasteiger partial charge in [-0.05, 0) is 80.4 Å². The van der Waals surface area contributed by atoms with Crippen LogP contribution < -0.4 is 14.4 Å². The molecule has 0 aliphatic carbocycles. The molecule has 1 saturated heterocycles. The zero-order chi connectivity index (χ0) is 30.2. The van der Waals surface area contributed by atoms with Gasteiger partial charge < -0.3 is 19.1 Å². The number of halogens is 1. The Kier molecular flexibility index (Phi) is 10.8. The SMILES string of the molecule is CCOC(=O)C(C)(Cc1ccc(OCCCN2CCN(c3cccc(Cl)c3)CC2)cc1)S(=O)(=O)c1ccc(OC)cc1. The number of hydrogen-bond donors (Lipinski definition) is 0. The number of ether oxygens (including phenoxy) is 3. The molecule has 10 heteroatoms. The van der Waals surface area contributed by atoms with Crippen LogP contribution in [0.4, 0.5) is 5.69 Å². The van der Waals surface area contributed by atoms with E-state index < -0.39 is 20.6 Å².